The lowest BCUT2D eigenvalue weighted by Crippen LogP contribution is -2.32. The zero-order valence-corrected chi connectivity index (χ0v) is 15.0. The quantitative estimate of drug-likeness (QED) is 0.726. The summed E-state index contributed by atoms with van der Waals surface area (Å²) in [7, 11) is 1.67. The number of allylic oxidation sites excluding steroid dienone is 1. The van der Waals surface area contributed by atoms with E-state index in [9.17, 15) is 0 Å². The molecule has 0 aliphatic carbocycles. The van der Waals surface area contributed by atoms with E-state index < -0.39 is 6.29 Å². The summed E-state index contributed by atoms with van der Waals surface area (Å²) in [6.07, 6.45) is 1.79. The molecule has 2 aromatic rings. The standard InChI is InChI=1S/C20H20ClNO2/c1-11-10-20(2,3)22-14-9-8-12-17-13(21)6-5-7-15(17)24-19(23-4)18(12)16(11)14/h5-10,19,22H,1-4H3. The molecule has 0 amide bonds. The number of methoxy groups -OCH3 is 1. The summed E-state index contributed by atoms with van der Waals surface area (Å²) in [5.74, 6) is 0.757. The highest BCUT2D eigenvalue weighted by Crippen LogP contribution is 2.51. The van der Waals surface area contributed by atoms with Gasteiger partial charge in [0, 0.05) is 29.5 Å². The second kappa shape index (κ2) is 5.27. The van der Waals surface area contributed by atoms with Crippen LogP contribution in [0.3, 0.4) is 0 Å². The third-order valence-corrected chi connectivity index (χ3v) is 4.92. The molecule has 0 spiro atoms. The van der Waals surface area contributed by atoms with Crippen LogP contribution < -0.4 is 10.1 Å². The number of fused-ring (bicyclic) bond motifs is 5. The van der Waals surface area contributed by atoms with E-state index in [1.165, 1.54) is 5.57 Å². The topological polar surface area (TPSA) is 30.5 Å². The van der Waals surface area contributed by atoms with Crippen LogP contribution in [0.2, 0.25) is 5.02 Å². The van der Waals surface area contributed by atoms with Crippen molar-refractivity contribution in [1.82, 2.24) is 0 Å². The summed E-state index contributed by atoms with van der Waals surface area (Å²) in [5.41, 5.74) is 6.41. The number of hydrogen-bond acceptors (Lipinski definition) is 3. The minimum Gasteiger partial charge on any atom is -0.460 e. The molecular weight excluding hydrogens is 322 g/mol. The summed E-state index contributed by atoms with van der Waals surface area (Å²) < 4.78 is 11.8. The van der Waals surface area contributed by atoms with Gasteiger partial charge in [-0.2, -0.15) is 0 Å². The van der Waals surface area contributed by atoms with Crippen LogP contribution in [0.5, 0.6) is 5.75 Å². The molecule has 0 fully saturated rings. The normalized spacial score (nSPS) is 20.0. The van der Waals surface area contributed by atoms with Crippen molar-refractivity contribution in [2.75, 3.05) is 12.4 Å². The molecule has 4 heteroatoms. The number of rotatable bonds is 1. The van der Waals surface area contributed by atoms with Gasteiger partial charge in [0.1, 0.15) is 5.75 Å². The van der Waals surface area contributed by atoms with Crippen LogP contribution in [0, 0.1) is 0 Å². The zero-order valence-electron chi connectivity index (χ0n) is 14.2. The number of ether oxygens (including phenoxy) is 2. The predicted molar refractivity (Wildman–Crippen MR) is 98.6 cm³/mol. The summed E-state index contributed by atoms with van der Waals surface area (Å²) in [6, 6.07) is 9.95. The number of nitrogens with one attached hydrogen (secondary N) is 1. The first kappa shape index (κ1) is 15.6. The lowest BCUT2D eigenvalue weighted by atomic mass is 9.84. The van der Waals surface area contributed by atoms with Crippen LogP contribution in [-0.4, -0.2) is 12.6 Å². The Bertz CT molecular complexity index is 870. The Morgan fingerprint density at radius 1 is 1.17 bits per heavy atom. The van der Waals surface area contributed by atoms with E-state index in [1.54, 1.807) is 7.11 Å². The number of benzene rings is 2. The largest absolute Gasteiger partial charge is 0.460 e. The van der Waals surface area contributed by atoms with E-state index >= 15 is 0 Å². The Morgan fingerprint density at radius 3 is 2.71 bits per heavy atom. The molecule has 0 saturated carbocycles. The van der Waals surface area contributed by atoms with Gasteiger partial charge in [0.05, 0.1) is 10.6 Å². The van der Waals surface area contributed by atoms with Crippen LogP contribution in [-0.2, 0) is 4.74 Å². The molecule has 0 bridgehead atoms. The van der Waals surface area contributed by atoms with E-state index in [-0.39, 0.29) is 5.54 Å². The van der Waals surface area contributed by atoms with Crippen molar-refractivity contribution >= 4 is 22.9 Å². The summed E-state index contributed by atoms with van der Waals surface area (Å²) in [6.45, 7) is 6.46. The molecule has 124 valence electrons. The molecule has 2 heterocycles. The second-order valence-corrected chi connectivity index (χ2v) is 7.33. The smallest absolute Gasteiger partial charge is 0.227 e. The van der Waals surface area contributed by atoms with Crippen molar-refractivity contribution in [1.29, 1.82) is 0 Å². The lowest BCUT2D eigenvalue weighted by molar-refractivity contribution is -0.0579. The van der Waals surface area contributed by atoms with Crippen molar-refractivity contribution < 1.29 is 9.47 Å². The molecule has 0 saturated heterocycles. The van der Waals surface area contributed by atoms with E-state index in [0.29, 0.717) is 5.02 Å². The first-order valence-electron chi connectivity index (χ1n) is 8.04. The fourth-order valence-electron chi connectivity index (χ4n) is 3.81. The third kappa shape index (κ3) is 2.23. The average Bonchev–Trinajstić information content (AvgIpc) is 2.52. The van der Waals surface area contributed by atoms with E-state index in [2.05, 4.69) is 44.3 Å². The van der Waals surface area contributed by atoms with Gasteiger partial charge in [0.25, 0.3) is 0 Å². The highest BCUT2D eigenvalue weighted by Gasteiger charge is 2.34. The van der Waals surface area contributed by atoms with Gasteiger partial charge < -0.3 is 14.8 Å². The molecule has 3 nitrogen and oxygen atoms in total. The highest BCUT2D eigenvalue weighted by atomic mass is 35.5. The molecule has 24 heavy (non-hydrogen) atoms. The maximum absolute atomic E-state index is 6.47. The van der Waals surface area contributed by atoms with E-state index in [0.717, 1.165) is 33.7 Å². The van der Waals surface area contributed by atoms with Crippen LogP contribution in [0.4, 0.5) is 5.69 Å². The van der Waals surface area contributed by atoms with E-state index in [1.807, 2.05) is 18.2 Å². The van der Waals surface area contributed by atoms with Gasteiger partial charge in [-0.1, -0.05) is 29.8 Å². The molecular formula is C20H20ClNO2. The Hall–Kier alpha value is -1.97. The van der Waals surface area contributed by atoms with Gasteiger partial charge in [0.2, 0.25) is 6.29 Å². The monoisotopic (exact) mass is 341 g/mol. The second-order valence-electron chi connectivity index (χ2n) is 6.92. The zero-order chi connectivity index (χ0) is 17.1. The molecule has 2 aliphatic heterocycles. The molecule has 1 atom stereocenters. The van der Waals surface area contributed by atoms with Gasteiger partial charge in [0.15, 0.2) is 0 Å². The minimum atomic E-state index is -0.452. The fourth-order valence-corrected chi connectivity index (χ4v) is 4.08. The number of anilines is 1. The lowest BCUT2D eigenvalue weighted by Gasteiger charge is -2.36. The highest BCUT2D eigenvalue weighted by molar-refractivity contribution is 6.33. The third-order valence-electron chi connectivity index (χ3n) is 4.60. The van der Waals surface area contributed by atoms with Gasteiger partial charge >= 0.3 is 0 Å². The van der Waals surface area contributed by atoms with Crippen LogP contribution in [0.1, 0.15) is 38.2 Å². The Kier molecular flexibility index (Phi) is 3.41. The first-order chi connectivity index (χ1) is 11.4. The molecule has 1 unspecified atom stereocenters. The fraction of sp³-hybridized carbons (Fsp3) is 0.300. The first-order valence-corrected chi connectivity index (χ1v) is 8.42. The molecule has 2 aliphatic rings. The molecule has 0 radical (unpaired) electrons. The van der Waals surface area contributed by atoms with E-state index in [4.69, 9.17) is 21.1 Å². The van der Waals surface area contributed by atoms with Gasteiger partial charge in [-0.05, 0) is 50.1 Å². The predicted octanol–water partition coefficient (Wildman–Crippen LogP) is 5.65. The van der Waals surface area contributed by atoms with Crippen molar-refractivity contribution in [3.63, 3.8) is 0 Å². The van der Waals surface area contributed by atoms with Crippen LogP contribution >= 0.6 is 11.6 Å². The maximum Gasteiger partial charge on any atom is 0.227 e. The SMILES string of the molecule is COC1Oc2cccc(Cl)c2-c2ccc3c(c21)C(C)=CC(C)(C)N3. The van der Waals surface area contributed by atoms with Crippen LogP contribution in [0.15, 0.2) is 36.4 Å². The summed E-state index contributed by atoms with van der Waals surface area (Å²) in [5, 5.41) is 4.27. The average molecular weight is 342 g/mol. The molecule has 1 N–H and O–H groups in total. The van der Waals surface area contributed by atoms with Crippen molar-refractivity contribution in [3.05, 3.63) is 52.6 Å². The molecule has 4 rings (SSSR count). The number of halogens is 1. The summed E-state index contributed by atoms with van der Waals surface area (Å²) >= 11 is 6.47. The van der Waals surface area contributed by atoms with Crippen LogP contribution in [0.25, 0.3) is 16.7 Å². The van der Waals surface area contributed by atoms with Crippen molar-refractivity contribution in [2.45, 2.75) is 32.6 Å². The van der Waals surface area contributed by atoms with Crippen molar-refractivity contribution in [2.24, 2.45) is 0 Å². The van der Waals surface area contributed by atoms with Crippen molar-refractivity contribution in [3.8, 4) is 16.9 Å². The molecule has 0 aromatic heterocycles. The molecule has 2 aromatic carbocycles. The van der Waals surface area contributed by atoms with Gasteiger partial charge in [-0.15, -0.1) is 0 Å². The Morgan fingerprint density at radius 2 is 1.96 bits per heavy atom. The van der Waals surface area contributed by atoms with Gasteiger partial charge in [-0.25, -0.2) is 0 Å². The Labute approximate surface area is 147 Å². The van der Waals surface area contributed by atoms with Gasteiger partial charge in [-0.3, -0.25) is 0 Å². The minimum absolute atomic E-state index is 0.0844. The summed E-state index contributed by atoms with van der Waals surface area (Å²) in [4.78, 5) is 0. The maximum atomic E-state index is 6.47. The Balaban J connectivity index is 2.03. The number of hydrogen-bond donors (Lipinski definition) is 1.